The number of nitrogens with zero attached hydrogens (tertiary/aromatic N) is 1. The molecule has 3 rings (SSSR count). The van der Waals surface area contributed by atoms with E-state index in [2.05, 4.69) is 0 Å². The van der Waals surface area contributed by atoms with Crippen molar-refractivity contribution in [2.24, 2.45) is 5.92 Å². The van der Waals surface area contributed by atoms with Gasteiger partial charge in [-0.3, -0.25) is 4.79 Å². The van der Waals surface area contributed by atoms with Gasteiger partial charge in [0, 0.05) is 19.0 Å². The summed E-state index contributed by atoms with van der Waals surface area (Å²) in [5, 5.41) is 0. The van der Waals surface area contributed by atoms with E-state index in [4.69, 9.17) is 21.1 Å². The van der Waals surface area contributed by atoms with Gasteiger partial charge in [0.2, 0.25) is 0 Å². The average molecular weight is 316 g/mol. The molecular formula is C14H18ClNO3S. The van der Waals surface area contributed by atoms with Gasteiger partial charge >= 0.3 is 0 Å². The number of carbonyl (C=O) groups excluding carboxylic acids is 1. The number of piperidine rings is 1. The van der Waals surface area contributed by atoms with Crippen LogP contribution in [0.4, 0.5) is 0 Å². The molecule has 0 unspecified atom stereocenters. The van der Waals surface area contributed by atoms with Crippen molar-refractivity contribution >= 4 is 28.8 Å². The van der Waals surface area contributed by atoms with Crippen LogP contribution in [0.2, 0.25) is 4.34 Å². The minimum Gasteiger partial charge on any atom is -0.347 e. The van der Waals surface area contributed by atoms with Gasteiger partial charge in [0.15, 0.2) is 5.79 Å². The third-order valence-corrected chi connectivity index (χ3v) is 5.31. The van der Waals surface area contributed by atoms with Crippen molar-refractivity contribution < 1.29 is 14.3 Å². The van der Waals surface area contributed by atoms with E-state index >= 15 is 0 Å². The Labute approximate surface area is 127 Å². The standard InChI is InChI=1S/C14H18ClNO3S/c1-14(18-7-8-19-14)10-3-2-6-16(9-10)13(17)11-4-5-12(15)20-11/h4-5,10H,2-3,6-9H2,1H3/t10-/m0/s1. The van der Waals surface area contributed by atoms with Crippen LogP contribution in [0, 0.1) is 5.92 Å². The number of hydrogen-bond acceptors (Lipinski definition) is 4. The number of rotatable bonds is 2. The first-order valence-corrected chi connectivity index (χ1v) is 8.10. The molecule has 0 spiro atoms. The van der Waals surface area contributed by atoms with Crippen LogP contribution in [0.3, 0.4) is 0 Å². The van der Waals surface area contributed by atoms with Gasteiger partial charge in [0.25, 0.3) is 5.91 Å². The molecule has 1 atom stereocenters. The van der Waals surface area contributed by atoms with E-state index in [1.54, 1.807) is 12.1 Å². The maximum absolute atomic E-state index is 12.5. The smallest absolute Gasteiger partial charge is 0.263 e. The highest BCUT2D eigenvalue weighted by molar-refractivity contribution is 7.17. The highest BCUT2D eigenvalue weighted by atomic mass is 35.5. The van der Waals surface area contributed by atoms with E-state index in [1.165, 1.54) is 11.3 Å². The number of hydrogen-bond donors (Lipinski definition) is 0. The molecule has 2 aliphatic heterocycles. The molecule has 2 fully saturated rings. The fraction of sp³-hybridized carbons (Fsp3) is 0.643. The van der Waals surface area contributed by atoms with Crippen LogP contribution in [0.15, 0.2) is 12.1 Å². The molecule has 3 heterocycles. The number of likely N-dealkylation sites (tertiary alicyclic amines) is 1. The number of ether oxygens (including phenoxy) is 2. The summed E-state index contributed by atoms with van der Waals surface area (Å²) in [7, 11) is 0. The van der Waals surface area contributed by atoms with Gasteiger partial charge in [-0.25, -0.2) is 0 Å². The van der Waals surface area contributed by atoms with Crippen molar-refractivity contribution in [2.75, 3.05) is 26.3 Å². The molecule has 0 N–H and O–H groups in total. The maximum Gasteiger partial charge on any atom is 0.263 e. The molecule has 6 heteroatoms. The zero-order chi connectivity index (χ0) is 14.2. The highest BCUT2D eigenvalue weighted by Gasteiger charge is 2.42. The Morgan fingerprint density at radius 2 is 2.20 bits per heavy atom. The largest absolute Gasteiger partial charge is 0.347 e. The summed E-state index contributed by atoms with van der Waals surface area (Å²) in [4.78, 5) is 15.1. The van der Waals surface area contributed by atoms with Gasteiger partial charge in [-0.05, 0) is 31.9 Å². The number of carbonyl (C=O) groups is 1. The number of thiophene rings is 1. The van der Waals surface area contributed by atoms with Crippen molar-refractivity contribution in [3.63, 3.8) is 0 Å². The van der Waals surface area contributed by atoms with Gasteiger partial charge in [-0.1, -0.05) is 11.6 Å². The first-order chi connectivity index (χ1) is 9.58. The Morgan fingerprint density at radius 1 is 1.45 bits per heavy atom. The number of amides is 1. The molecule has 20 heavy (non-hydrogen) atoms. The second-order valence-corrected chi connectivity index (χ2v) is 7.12. The van der Waals surface area contributed by atoms with Crippen LogP contribution in [0.25, 0.3) is 0 Å². The summed E-state index contributed by atoms with van der Waals surface area (Å²) < 4.78 is 12.1. The van der Waals surface area contributed by atoms with Gasteiger partial charge in [-0.2, -0.15) is 0 Å². The predicted molar refractivity (Wildman–Crippen MR) is 78.3 cm³/mol. The fourth-order valence-electron chi connectivity index (χ4n) is 2.94. The Bertz CT molecular complexity index is 498. The van der Waals surface area contributed by atoms with Gasteiger partial charge < -0.3 is 14.4 Å². The molecule has 110 valence electrons. The molecule has 1 amide bonds. The van der Waals surface area contributed by atoms with E-state index in [0.29, 0.717) is 29.0 Å². The average Bonchev–Trinajstić information content (AvgIpc) is 3.08. The van der Waals surface area contributed by atoms with Gasteiger partial charge in [0.05, 0.1) is 22.4 Å². The SMILES string of the molecule is CC1([C@H]2CCCN(C(=O)c3ccc(Cl)s3)C2)OCCO1. The first-order valence-electron chi connectivity index (χ1n) is 6.91. The molecular weight excluding hydrogens is 298 g/mol. The zero-order valence-corrected chi connectivity index (χ0v) is 13.0. The molecule has 0 aromatic carbocycles. The van der Waals surface area contributed by atoms with Crippen molar-refractivity contribution in [2.45, 2.75) is 25.6 Å². The summed E-state index contributed by atoms with van der Waals surface area (Å²) in [6, 6.07) is 3.56. The van der Waals surface area contributed by atoms with Crippen molar-refractivity contribution in [3.05, 3.63) is 21.3 Å². The van der Waals surface area contributed by atoms with Crippen LogP contribution in [-0.2, 0) is 9.47 Å². The van der Waals surface area contributed by atoms with Crippen molar-refractivity contribution in [1.82, 2.24) is 4.90 Å². The monoisotopic (exact) mass is 315 g/mol. The third-order valence-electron chi connectivity index (χ3n) is 4.09. The fourth-order valence-corrected chi connectivity index (χ4v) is 3.95. The normalized spacial score (nSPS) is 25.9. The van der Waals surface area contributed by atoms with Crippen LogP contribution in [-0.4, -0.2) is 42.9 Å². The second kappa shape index (κ2) is 5.64. The third kappa shape index (κ3) is 2.72. The predicted octanol–water partition coefficient (Wildman–Crippen LogP) is 3.02. The molecule has 0 saturated carbocycles. The Morgan fingerprint density at radius 3 is 2.85 bits per heavy atom. The minimum absolute atomic E-state index is 0.0631. The first kappa shape index (κ1) is 14.3. The summed E-state index contributed by atoms with van der Waals surface area (Å²) in [6.07, 6.45) is 2.02. The quantitative estimate of drug-likeness (QED) is 0.842. The van der Waals surface area contributed by atoms with E-state index in [1.807, 2.05) is 11.8 Å². The number of halogens is 1. The van der Waals surface area contributed by atoms with Crippen LogP contribution in [0.1, 0.15) is 29.4 Å². The Kier molecular flexibility index (Phi) is 4.04. The van der Waals surface area contributed by atoms with Crippen LogP contribution < -0.4 is 0 Å². The highest BCUT2D eigenvalue weighted by Crippen LogP contribution is 2.35. The zero-order valence-electron chi connectivity index (χ0n) is 11.4. The van der Waals surface area contributed by atoms with E-state index in [0.717, 1.165) is 19.4 Å². The lowest BCUT2D eigenvalue weighted by molar-refractivity contribution is -0.189. The van der Waals surface area contributed by atoms with Crippen molar-refractivity contribution in [3.8, 4) is 0 Å². The van der Waals surface area contributed by atoms with Crippen LogP contribution >= 0.6 is 22.9 Å². The molecule has 0 bridgehead atoms. The van der Waals surface area contributed by atoms with E-state index in [9.17, 15) is 4.79 Å². The minimum atomic E-state index is -0.536. The lowest BCUT2D eigenvalue weighted by Crippen LogP contribution is -2.48. The Balaban J connectivity index is 1.70. The summed E-state index contributed by atoms with van der Waals surface area (Å²) >= 11 is 7.24. The molecule has 1 aromatic heterocycles. The summed E-state index contributed by atoms with van der Waals surface area (Å²) in [6.45, 7) is 4.75. The summed E-state index contributed by atoms with van der Waals surface area (Å²) in [5.74, 6) is -0.238. The van der Waals surface area contributed by atoms with Crippen LogP contribution in [0.5, 0.6) is 0 Å². The van der Waals surface area contributed by atoms with E-state index < -0.39 is 5.79 Å². The van der Waals surface area contributed by atoms with Gasteiger partial charge in [-0.15, -0.1) is 11.3 Å². The molecule has 4 nitrogen and oxygen atoms in total. The lowest BCUT2D eigenvalue weighted by atomic mass is 9.90. The van der Waals surface area contributed by atoms with Gasteiger partial charge in [0.1, 0.15) is 0 Å². The van der Waals surface area contributed by atoms with E-state index in [-0.39, 0.29) is 11.8 Å². The lowest BCUT2D eigenvalue weighted by Gasteiger charge is -2.39. The van der Waals surface area contributed by atoms with Crippen molar-refractivity contribution in [1.29, 1.82) is 0 Å². The molecule has 0 radical (unpaired) electrons. The maximum atomic E-state index is 12.5. The summed E-state index contributed by atoms with van der Waals surface area (Å²) in [5.41, 5.74) is 0. The Hall–Kier alpha value is -0.620. The second-order valence-electron chi connectivity index (χ2n) is 5.41. The topological polar surface area (TPSA) is 38.8 Å². The molecule has 0 aliphatic carbocycles. The molecule has 2 saturated heterocycles. The molecule has 1 aromatic rings. The molecule has 2 aliphatic rings.